The number of morpholine rings is 1. The van der Waals surface area contributed by atoms with Crippen LogP contribution in [0.15, 0.2) is 34.9 Å². The smallest absolute Gasteiger partial charge is 0.287 e. The molecule has 2 aromatic heterocycles. The number of carbonyl (C=O) groups excluding carboxylic acids is 1. The van der Waals surface area contributed by atoms with Crippen LogP contribution in [-0.4, -0.2) is 43.8 Å². The first kappa shape index (κ1) is 17.4. The van der Waals surface area contributed by atoms with Gasteiger partial charge in [0, 0.05) is 32.9 Å². The lowest BCUT2D eigenvalue weighted by Gasteiger charge is -2.32. The average Bonchev–Trinajstić information content (AvgIpc) is 3.09. The molecular weight excluding hydrogens is 322 g/mol. The van der Waals surface area contributed by atoms with Crippen LogP contribution < -0.4 is 10.2 Å². The highest BCUT2D eigenvalue weighted by Crippen LogP contribution is 2.15. The number of rotatable bonds is 6. The van der Waals surface area contributed by atoms with Crippen LogP contribution in [0.3, 0.4) is 0 Å². The minimum Gasteiger partial charge on any atom is -0.453 e. The van der Waals surface area contributed by atoms with E-state index in [1.807, 2.05) is 12.1 Å². The van der Waals surface area contributed by atoms with E-state index in [1.54, 1.807) is 25.4 Å². The van der Waals surface area contributed by atoms with E-state index in [0.717, 1.165) is 31.1 Å². The summed E-state index contributed by atoms with van der Waals surface area (Å²) in [6, 6.07) is 7.33. The molecule has 134 valence electrons. The number of hydrogen-bond acceptors (Lipinski definition) is 6. The van der Waals surface area contributed by atoms with Gasteiger partial charge in [0.1, 0.15) is 18.2 Å². The van der Waals surface area contributed by atoms with Gasteiger partial charge in [-0.1, -0.05) is 6.07 Å². The highest BCUT2D eigenvalue weighted by Gasteiger charge is 2.17. The molecule has 0 saturated carbocycles. The van der Waals surface area contributed by atoms with Gasteiger partial charge in [-0.2, -0.15) is 0 Å². The Morgan fingerprint density at radius 2 is 2.28 bits per heavy atom. The summed E-state index contributed by atoms with van der Waals surface area (Å²) in [5.41, 5.74) is 0.932. The van der Waals surface area contributed by atoms with Gasteiger partial charge < -0.3 is 24.1 Å². The summed E-state index contributed by atoms with van der Waals surface area (Å²) >= 11 is 0. The fourth-order valence-electron chi connectivity index (χ4n) is 2.72. The first-order valence-electron chi connectivity index (χ1n) is 8.33. The molecule has 0 aliphatic carbocycles. The maximum atomic E-state index is 12.1. The molecule has 3 heterocycles. The number of anilines is 1. The lowest BCUT2D eigenvalue weighted by molar-refractivity contribution is 0.0529. The molecule has 3 rings (SSSR count). The van der Waals surface area contributed by atoms with Crippen LogP contribution in [0, 0.1) is 0 Å². The number of amides is 1. The fourth-order valence-corrected chi connectivity index (χ4v) is 2.72. The second-order valence-electron chi connectivity index (χ2n) is 6.03. The molecule has 0 aromatic carbocycles. The number of carbonyl (C=O) groups is 1. The summed E-state index contributed by atoms with van der Waals surface area (Å²) in [7, 11) is 1.58. The Labute approximate surface area is 146 Å². The molecule has 25 heavy (non-hydrogen) atoms. The second kappa shape index (κ2) is 8.13. The van der Waals surface area contributed by atoms with Crippen molar-refractivity contribution in [3.8, 4) is 0 Å². The molecule has 7 nitrogen and oxygen atoms in total. The first-order chi connectivity index (χ1) is 12.2. The predicted octanol–water partition coefficient (Wildman–Crippen LogP) is 1.98. The summed E-state index contributed by atoms with van der Waals surface area (Å²) in [6.45, 7) is 5.20. The van der Waals surface area contributed by atoms with E-state index >= 15 is 0 Å². The van der Waals surface area contributed by atoms with Crippen molar-refractivity contribution in [1.82, 2.24) is 10.3 Å². The highest BCUT2D eigenvalue weighted by atomic mass is 16.5. The Hall–Kier alpha value is -2.38. The van der Waals surface area contributed by atoms with Gasteiger partial charge in [0.05, 0.1) is 12.7 Å². The topological polar surface area (TPSA) is 76.8 Å². The highest BCUT2D eigenvalue weighted by molar-refractivity contribution is 5.91. The number of methoxy groups -OCH3 is 1. The molecule has 1 aliphatic heterocycles. The van der Waals surface area contributed by atoms with Gasteiger partial charge in [-0.3, -0.25) is 4.79 Å². The van der Waals surface area contributed by atoms with Crippen LogP contribution in [0.5, 0.6) is 0 Å². The van der Waals surface area contributed by atoms with Gasteiger partial charge in [-0.25, -0.2) is 4.98 Å². The van der Waals surface area contributed by atoms with Gasteiger partial charge in [0.2, 0.25) is 0 Å². The molecule has 1 amide bonds. The molecule has 1 saturated heterocycles. The molecule has 7 heteroatoms. The zero-order valence-corrected chi connectivity index (χ0v) is 14.5. The van der Waals surface area contributed by atoms with Gasteiger partial charge in [-0.05, 0) is 30.7 Å². The summed E-state index contributed by atoms with van der Waals surface area (Å²) < 4.78 is 15.9. The molecule has 1 N–H and O–H groups in total. The number of pyridine rings is 1. The monoisotopic (exact) mass is 345 g/mol. The molecular formula is C18H23N3O4. The lowest BCUT2D eigenvalue weighted by Crippen LogP contribution is -2.41. The maximum absolute atomic E-state index is 12.1. The molecule has 1 aliphatic rings. The van der Waals surface area contributed by atoms with Crippen LogP contribution >= 0.6 is 0 Å². The molecule has 1 unspecified atom stereocenters. The van der Waals surface area contributed by atoms with Crippen LogP contribution in [0.4, 0.5) is 5.82 Å². The van der Waals surface area contributed by atoms with Crippen LogP contribution in [0.1, 0.15) is 28.8 Å². The third-order valence-corrected chi connectivity index (χ3v) is 4.00. The lowest BCUT2D eigenvalue weighted by atomic mass is 10.2. The molecule has 1 fully saturated rings. The zero-order valence-electron chi connectivity index (χ0n) is 14.5. The van der Waals surface area contributed by atoms with Crippen molar-refractivity contribution in [2.24, 2.45) is 0 Å². The second-order valence-corrected chi connectivity index (χ2v) is 6.03. The van der Waals surface area contributed by atoms with E-state index in [-0.39, 0.29) is 17.8 Å². The van der Waals surface area contributed by atoms with Crippen molar-refractivity contribution in [1.29, 1.82) is 0 Å². The number of nitrogens with zero attached hydrogens (tertiary/aromatic N) is 2. The Bertz CT molecular complexity index is 699. The third-order valence-electron chi connectivity index (χ3n) is 4.00. The van der Waals surface area contributed by atoms with Crippen molar-refractivity contribution in [2.45, 2.75) is 26.2 Å². The van der Waals surface area contributed by atoms with Gasteiger partial charge in [0.25, 0.3) is 5.91 Å². The number of hydrogen-bond donors (Lipinski definition) is 1. The summed E-state index contributed by atoms with van der Waals surface area (Å²) in [5.74, 6) is 1.58. The van der Waals surface area contributed by atoms with Crippen molar-refractivity contribution >= 4 is 11.7 Å². The maximum Gasteiger partial charge on any atom is 0.287 e. The van der Waals surface area contributed by atoms with E-state index in [9.17, 15) is 4.79 Å². The Morgan fingerprint density at radius 1 is 1.40 bits per heavy atom. The van der Waals surface area contributed by atoms with Crippen molar-refractivity contribution in [3.05, 3.63) is 47.5 Å². The van der Waals surface area contributed by atoms with Gasteiger partial charge >= 0.3 is 0 Å². The normalized spacial score (nSPS) is 17.5. The molecule has 1 atom stereocenters. The van der Waals surface area contributed by atoms with Crippen molar-refractivity contribution < 1.29 is 18.7 Å². The molecule has 0 bridgehead atoms. The third kappa shape index (κ3) is 4.58. The molecule has 2 aromatic rings. The van der Waals surface area contributed by atoms with E-state index in [4.69, 9.17) is 13.9 Å². The number of furan rings is 1. The van der Waals surface area contributed by atoms with Crippen LogP contribution in [-0.2, 0) is 22.6 Å². The predicted molar refractivity (Wildman–Crippen MR) is 92.5 cm³/mol. The minimum absolute atomic E-state index is 0.214. The summed E-state index contributed by atoms with van der Waals surface area (Å²) in [5, 5.41) is 2.83. The van der Waals surface area contributed by atoms with Crippen molar-refractivity contribution in [2.75, 3.05) is 31.7 Å². The Morgan fingerprint density at radius 3 is 3.00 bits per heavy atom. The Kier molecular flexibility index (Phi) is 5.67. The average molecular weight is 345 g/mol. The zero-order chi connectivity index (χ0) is 17.6. The van der Waals surface area contributed by atoms with E-state index in [0.29, 0.717) is 18.9 Å². The van der Waals surface area contributed by atoms with E-state index in [1.165, 1.54) is 0 Å². The number of ether oxygens (including phenoxy) is 2. The fraction of sp³-hybridized carbons (Fsp3) is 0.444. The quantitative estimate of drug-likeness (QED) is 0.863. The summed E-state index contributed by atoms with van der Waals surface area (Å²) in [6.07, 6.45) is 2.00. The summed E-state index contributed by atoms with van der Waals surface area (Å²) in [4.78, 5) is 18.8. The largest absolute Gasteiger partial charge is 0.453 e. The van der Waals surface area contributed by atoms with E-state index < -0.39 is 0 Å². The first-order valence-corrected chi connectivity index (χ1v) is 8.33. The van der Waals surface area contributed by atoms with Gasteiger partial charge in [-0.15, -0.1) is 0 Å². The van der Waals surface area contributed by atoms with Gasteiger partial charge in [0.15, 0.2) is 5.76 Å². The van der Waals surface area contributed by atoms with E-state index in [2.05, 4.69) is 22.1 Å². The molecule has 0 radical (unpaired) electrons. The standard InChI is InChI=1S/C18H23N3O4/c1-13-11-21(7-8-24-13)17-6-3-14(9-19-17)10-20-18(22)16-5-4-15(25-16)12-23-2/h3-6,9,13H,7-8,10-12H2,1-2H3,(H,20,22). The minimum atomic E-state index is -0.256. The van der Waals surface area contributed by atoms with Crippen LogP contribution in [0.25, 0.3) is 0 Å². The number of nitrogens with one attached hydrogen (secondary N) is 1. The number of aromatic nitrogens is 1. The molecule has 0 spiro atoms. The SMILES string of the molecule is COCc1ccc(C(=O)NCc2ccc(N3CCOC(C)C3)nc2)o1. The van der Waals surface area contributed by atoms with Crippen molar-refractivity contribution in [3.63, 3.8) is 0 Å². The Balaban J connectivity index is 1.53. The van der Waals surface area contributed by atoms with Crippen LogP contribution in [0.2, 0.25) is 0 Å².